The molecule has 2 N–H and O–H groups in total. The van der Waals surface area contributed by atoms with Crippen molar-refractivity contribution in [2.75, 3.05) is 13.7 Å². The highest BCUT2D eigenvalue weighted by Gasteiger charge is 2.20. The van der Waals surface area contributed by atoms with Crippen molar-refractivity contribution in [1.29, 1.82) is 0 Å². The Morgan fingerprint density at radius 2 is 1.73 bits per heavy atom. The van der Waals surface area contributed by atoms with Crippen LogP contribution in [0.4, 0.5) is 0 Å². The molecule has 2 rings (SSSR count). The van der Waals surface area contributed by atoms with E-state index in [0.717, 1.165) is 17.2 Å². The molecular weight excluding hydrogens is 358 g/mol. The lowest BCUT2D eigenvalue weighted by atomic mass is 10.0. The summed E-state index contributed by atoms with van der Waals surface area (Å²) in [7, 11) is -2.68. The van der Waals surface area contributed by atoms with Gasteiger partial charge >= 0.3 is 5.97 Å². The molecule has 0 atom stereocenters. The monoisotopic (exact) mass is 377 g/mol. The number of nitrogens with two attached hydrogens (primary N) is 1. The van der Waals surface area contributed by atoms with E-state index in [0.29, 0.717) is 5.56 Å². The lowest BCUT2D eigenvalue weighted by molar-refractivity contribution is 0.0471. The van der Waals surface area contributed by atoms with E-state index < -0.39 is 22.6 Å². The third-order valence-corrected chi connectivity index (χ3v) is 4.65. The predicted molar refractivity (Wildman–Crippen MR) is 94.9 cm³/mol. The van der Waals surface area contributed by atoms with Crippen LogP contribution in [0.5, 0.6) is 5.75 Å². The Morgan fingerprint density at radius 3 is 2.31 bits per heavy atom. The summed E-state index contributed by atoms with van der Waals surface area (Å²) in [6.07, 6.45) is 0. The summed E-state index contributed by atoms with van der Waals surface area (Å²) >= 11 is 0. The highest BCUT2D eigenvalue weighted by Crippen LogP contribution is 2.23. The maximum atomic E-state index is 12.3. The molecule has 0 aliphatic rings. The van der Waals surface area contributed by atoms with Gasteiger partial charge in [-0.3, -0.25) is 4.79 Å². The number of esters is 1. The molecular formula is C18H19NO6S. The second kappa shape index (κ2) is 7.67. The summed E-state index contributed by atoms with van der Waals surface area (Å²) in [6.45, 7) is 3.22. The zero-order valence-corrected chi connectivity index (χ0v) is 15.4. The van der Waals surface area contributed by atoms with E-state index in [1.54, 1.807) is 19.1 Å². The lowest BCUT2D eigenvalue weighted by Crippen LogP contribution is -2.17. The summed E-state index contributed by atoms with van der Waals surface area (Å²) in [5.74, 6) is -1.13. The maximum Gasteiger partial charge on any atom is 0.342 e. The van der Waals surface area contributed by atoms with Crippen LogP contribution in [-0.4, -0.2) is 33.9 Å². The SMILES string of the molecule is COc1ccc(S(N)(=O)=O)cc1C(=O)OCC(=O)c1ccc(C)cc1C. The van der Waals surface area contributed by atoms with Crippen LogP contribution in [0.3, 0.4) is 0 Å². The Labute approximate surface area is 151 Å². The Kier molecular flexibility index (Phi) is 5.79. The van der Waals surface area contributed by atoms with Crippen LogP contribution in [0.2, 0.25) is 0 Å². The van der Waals surface area contributed by atoms with Crippen molar-refractivity contribution in [2.45, 2.75) is 18.7 Å². The second-order valence-corrected chi connectivity index (χ2v) is 7.29. The fourth-order valence-corrected chi connectivity index (χ4v) is 2.98. The predicted octanol–water partition coefficient (Wildman–Crippen LogP) is 2.00. The average Bonchev–Trinajstić information content (AvgIpc) is 2.58. The fourth-order valence-electron chi connectivity index (χ4n) is 2.44. The minimum atomic E-state index is -4.00. The molecule has 0 amide bonds. The van der Waals surface area contributed by atoms with Gasteiger partial charge in [-0.2, -0.15) is 0 Å². The van der Waals surface area contributed by atoms with Gasteiger partial charge in [0.1, 0.15) is 11.3 Å². The largest absolute Gasteiger partial charge is 0.496 e. The third-order valence-electron chi connectivity index (χ3n) is 3.74. The second-order valence-electron chi connectivity index (χ2n) is 5.72. The Balaban J connectivity index is 2.20. The van der Waals surface area contributed by atoms with Gasteiger partial charge in [0.2, 0.25) is 15.8 Å². The number of hydrogen-bond acceptors (Lipinski definition) is 6. The van der Waals surface area contributed by atoms with Crippen molar-refractivity contribution in [3.8, 4) is 5.75 Å². The van der Waals surface area contributed by atoms with Crippen molar-refractivity contribution in [3.63, 3.8) is 0 Å². The van der Waals surface area contributed by atoms with Gasteiger partial charge < -0.3 is 9.47 Å². The molecule has 0 aliphatic carbocycles. The summed E-state index contributed by atoms with van der Waals surface area (Å²) in [6, 6.07) is 8.88. The highest BCUT2D eigenvalue weighted by molar-refractivity contribution is 7.89. The van der Waals surface area contributed by atoms with E-state index >= 15 is 0 Å². The summed E-state index contributed by atoms with van der Waals surface area (Å²) in [5, 5.41) is 5.07. The number of ketones is 1. The van der Waals surface area contributed by atoms with Crippen LogP contribution in [0, 0.1) is 13.8 Å². The first-order valence-electron chi connectivity index (χ1n) is 7.62. The molecule has 0 aliphatic heterocycles. The van der Waals surface area contributed by atoms with Crippen molar-refractivity contribution < 1.29 is 27.5 Å². The smallest absolute Gasteiger partial charge is 0.342 e. The van der Waals surface area contributed by atoms with Crippen molar-refractivity contribution >= 4 is 21.8 Å². The molecule has 0 aromatic heterocycles. The minimum absolute atomic E-state index is 0.112. The van der Waals surface area contributed by atoms with Crippen LogP contribution in [0.15, 0.2) is 41.3 Å². The first-order chi connectivity index (χ1) is 12.1. The number of carbonyl (C=O) groups excluding carboxylic acids is 2. The number of methoxy groups -OCH3 is 1. The molecule has 0 heterocycles. The zero-order valence-electron chi connectivity index (χ0n) is 14.6. The van der Waals surface area contributed by atoms with E-state index in [1.807, 2.05) is 13.0 Å². The number of sulfonamides is 1. The van der Waals surface area contributed by atoms with E-state index in [2.05, 4.69) is 0 Å². The maximum absolute atomic E-state index is 12.3. The summed E-state index contributed by atoms with van der Waals surface area (Å²) < 4.78 is 33.0. The molecule has 138 valence electrons. The van der Waals surface area contributed by atoms with Gasteiger partial charge in [0, 0.05) is 5.56 Å². The molecule has 0 fully saturated rings. The zero-order chi connectivity index (χ0) is 19.5. The van der Waals surface area contributed by atoms with E-state index in [-0.39, 0.29) is 22.0 Å². The molecule has 0 radical (unpaired) electrons. The molecule has 2 aromatic carbocycles. The normalized spacial score (nSPS) is 11.1. The number of aryl methyl sites for hydroxylation is 2. The van der Waals surface area contributed by atoms with Gasteiger partial charge in [-0.1, -0.05) is 23.8 Å². The van der Waals surface area contributed by atoms with Gasteiger partial charge in [0.15, 0.2) is 6.61 Å². The first kappa shape index (κ1) is 19.6. The summed E-state index contributed by atoms with van der Waals surface area (Å²) in [4.78, 5) is 24.3. The van der Waals surface area contributed by atoms with Crippen LogP contribution in [0.25, 0.3) is 0 Å². The van der Waals surface area contributed by atoms with E-state index in [1.165, 1.54) is 19.2 Å². The number of benzene rings is 2. The highest BCUT2D eigenvalue weighted by atomic mass is 32.2. The van der Waals surface area contributed by atoms with Crippen LogP contribution in [-0.2, 0) is 14.8 Å². The van der Waals surface area contributed by atoms with Gasteiger partial charge in [-0.05, 0) is 37.6 Å². The van der Waals surface area contributed by atoms with Gasteiger partial charge in [0.25, 0.3) is 0 Å². The molecule has 2 aromatic rings. The summed E-state index contributed by atoms with van der Waals surface area (Å²) in [5.41, 5.74) is 2.11. The number of hydrogen-bond donors (Lipinski definition) is 1. The standard InChI is InChI=1S/C18H19NO6S/c1-11-4-6-14(12(2)8-11)16(20)10-25-18(21)15-9-13(26(19,22)23)5-7-17(15)24-3/h4-9H,10H2,1-3H3,(H2,19,22,23). The average molecular weight is 377 g/mol. The van der Waals surface area contributed by atoms with E-state index in [4.69, 9.17) is 14.6 Å². The van der Waals surface area contributed by atoms with Crippen molar-refractivity contribution in [2.24, 2.45) is 5.14 Å². The van der Waals surface area contributed by atoms with Crippen LogP contribution < -0.4 is 9.88 Å². The Morgan fingerprint density at radius 1 is 1.04 bits per heavy atom. The lowest BCUT2D eigenvalue weighted by Gasteiger charge is -2.11. The molecule has 0 saturated heterocycles. The van der Waals surface area contributed by atoms with Gasteiger partial charge in [-0.25, -0.2) is 18.4 Å². The van der Waals surface area contributed by atoms with Gasteiger partial charge in [0.05, 0.1) is 12.0 Å². The third kappa shape index (κ3) is 4.47. The fraction of sp³-hybridized carbons (Fsp3) is 0.222. The molecule has 0 unspecified atom stereocenters. The van der Waals surface area contributed by atoms with Crippen LogP contribution >= 0.6 is 0 Å². The molecule has 0 bridgehead atoms. The van der Waals surface area contributed by atoms with Gasteiger partial charge in [-0.15, -0.1) is 0 Å². The molecule has 8 heteroatoms. The molecule has 26 heavy (non-hydrogen) atoms. The topological polar surface area (TPSA) is 113 Å². The quantitative estimate of drug-likeness (QED) is 0.608. The number of Topliss-reactive ketones (excluding diaryl/α,β-unsaturated/α-hetero) is 1. The van der Waals surface area contributed by atoms with Crippen molar-refractivity contribution in [1.82, 2.24) is 0 Å². The molecule has 7 nitrogen and oxygen atoms in total. The van der Waals surface area contributed by atoms with Crippen molar-refractivity contribution in [3.05, 3.63) is 58.7 Å². The Bertz CT molecular complexity index is 966. The van der Waals surface area contributed by atoms with Crippen LogP contribution in [0.1, 0.15) is 31.8 Å². The number of rotatable bonds is 6. The first-order valence-corrected chi connectivity index (χ1v) is 9.16. The Hall–Kier alpha value is -2.71. The number of ether oxygens (including phenoxy) is 2. The van der Waals surface area contributed by atoms with E-state index in [9.17, 15) is 18.0 Å². The molecule has 0 spiro atoms. The number of carbonyl (C=O) groups is 2. The molecule has 0 saturated carbocycles. The minimum Gasteiger partial charge on any atom is -0.496 e. The number of primary sulfonamides is 1.